The minimum atomic E-state index is -0.789. The van der Waals surface area contributed by atoms with Crippen molar-refractivity contribution >= 4 is 33.7 Å². The summed E-state index contributed by atoms with van der Waals surface area (Å²) in [5, 5.41) is 13.2. The summed E-state index contributed by atoms with van der Waals surface area (Å²) in [5.41, 5.74) is -0.523. The predicted octanol–water partition coefficient (Wildman–Crippen LogP) is 5.62. The van der Waals surface area contributed by atoms with Gasteiger partial charge in [-0.1, -0.05) is 15.9 Å². The fourth-order valence-electron chi connectivity index (χ4n) is 4.27. The van der Waals surface area contributed by atoms with Gasteiger partial charge in [-0.25, -0.2) is 14.0 Å². The van der Waals surface area contributed by atoms with E-state index in [0.29, 0.717) is 35.4 Å². The second kappa shape index (κ2) is 10.8. The van der Waals surface area contributed by atoms with Crippen molar-refractivity contribution in [3.63, 3.8) is 0 Å². The van der Waals surface area contributed by atoms with E-state index in [0.717, 1.165) is 18.6 Å². The lowest BCUT2D eigenvalue weighted by molar-refractivity contribution is -0.149. The molecule has 37 heavy (non-hydrogen) atoms. The van der Waals surface area contributed by atoms with Gasteiger partial charge in [-0.05, 0) is 84.6 Å². The van der Waals surface area contributed by atoms with E-state index in [9.17, 15) is 19.2 Å². The lowest BCUT2D eigenvalue weighted by Crippen LogP contribution is -2.43. The van der Waals surface area contributed by atoms with Gasteiger partial charge < -0.3 is 19.7 Å². The lowest BCUT2D eigenvalue weighted by atomic mass is 9.94. The average molecular weight is 577 g/mol. The lowest BCUT2D eigenvalue weighted by Gasteiger charge is -2.36. The van der Waals surface area contributed by atoms with Gasteiger partial charge in [0.15, 0.2) is 5.57 Å². The summed E-state index contributed by atoms with van der Waals surface area (Å²) in [4.78, 5) is 31.4. The molecule has 1 saturated heterocycles. The van der Waals surface area contributed by atoms with Crippen LogP contribution in [0.25, 0.3) is 0 Å². The van der Waals surface area contributed by atoms with Gasteiger partial charge in [0.05, 0.1) is 0 Å². The van der Waals surface area contributed by atoms with Crippen LogP contribution in [0.3, 0.4) is 0 Å². The molecule has 1 atom stereocenters. The van der Waals surface area contributed by atoms with E-state index in [1.54, 1.807) is 47.6 Å². The number of nitriles is 1. The first-order chi connectivity index (χ1) is 17.1. The predicted molar refractivity (Wildman–Crippen MR) is 141 cm³/mol. The summed E-state index contributed by atoms with van der Waals surface area (Å²) < 4.78 is 25.4. The number of likely N-dealkylation sites (tertiary alicyclic amines) is 1. The third kappa shape index (κ3) is 7.78. The Morgan fingerprint density at radius 3 is 2.51 bits per heavy atom. The number of hydrogen-bond donors (Lipinski definition) is 1. The summed E-state index contributed by atoms with van der Waals surface area (Å²) in [6.07, 6.45) is 1.63. The summed E-state index contributed by atoms with van der Waals surface area (Å²) in [5.74, 6) is -0.819. The standard InChI is InChI=1S/C27H34BrFN4O4/c1-25(2,3)36-23(34)19(14-30)22(31-15-17-12-18(29)8-9-20(17)28)33-11-7-10-27(16-33)13-21(27)32-24(35)37-26(4,5)6/h8-9,12,31H,7,10-11,13,15-16H2,1-6H3/b22-19-,32-21+/t27-/m0/s1. The maximum Gasteiger partial charge on any atom is 0.434 e. The fourth-order valence-corrected chi connectivity index (χ4v) is 4.66. The smallest absolute Gasteiger partial charge is 0.434 e. The van der Waals surface area contributed by atoms with Gasteiger partial charge in [-0.2, -0.15) is 10.3 Å². The van der Waals surface area contributed by atoms with E-state index in [1.165, 1.54) is 12.1 Å². The van der Waals surface area contributed by atoms with Crippen molar-refractivity contribution in [1.29, 1.82) is 5.26 Å². The zero-order chi connectivity index (χ0) is 27.6. The molecule has 1 saturated carbocycles. The highest BCUT2D eigenvalue weighted by Gasteiger charge is 2.54. The molecule has 1 aliphatic carbocycles. The number of amides is 1. The van der Waals surface area contributed by atoms with Gasteiger partial charge in [0, 0.05) is 35.2 Å². The van der Waals surface area contributed by atoms with Gasteiger partial charge in [-0.3, -0.25) is 0 Å². The van der Waals surface area contributed by atoms with Crippen LogP contribution >= 0.6 is 15.9 Å². The zero-order valence-corrected chi connectivity index (χ0v) is 23.8. The Morgan fingerprint density at radius 2 is 1.89 bits per heavy atom. The summed E-state index contributed by atoms with van der Waals surface area (Å²) in [7, 11) is 0. The number of aliphatic imine (C=N–C) groups is 1. The van der Waals surface area contributed by atoms with E-state index in [-0.39, 0.29) is 17.5 Å². The van der Waals surface area contributed by atoms with Crippen LogP contribution in [0.4, 0.5) is 9.18 Å². The molecule has 1 aromatic rings. The molecule has 1 aromatic carbocycles. The summed E-state index contributed by atoms with van der Waals surface area (Å²) in [6, 6.07) is 6.35. The number of rotatable bonds is 5. The monoisotopic (exact) mass is 576 g/mol. The number of esters is 1. The van der Waals surface area contributed by atoms with E-state index in [1.807, 2.05) is 11.0 Å². The Kier molecular flexibility index (Phi) is 8.37. The second-order valence-corrected chi connectivity index (χ2v) is 12.3. The largest absolute Gasteiger partial charge is 0.456 e. The third-order valence-corrected chi connectivity index (χ3v) is 6.69. The number of nitrogens with one attached hydrogen (secondary N) is 1. The molecule has 1 amide bonds. The number of hydrogen-bond acceptors (Lipinski definition) is 7. The van der Waals surface area contributed by atoms with Gasteiger partial charge in [0.2, 0.25) is 0 Å². The first-order valence-corrected chi connectivity index (χ1v) is 13.0. The SMILES string of the molecule is CC(C)(C)OC(=O)/N=C1\C[C@]12CCCN(/C(NCc1cc(F)ccc1Br)=C(/C#N)C(=O)OC(C)(C)C)C2. The number of benzene rings is 1. The Balaban J connectivity index is 1.90. The molecule has 200 valence electrons. The van der Waals surface area contributed by atoms with Crippen molar-refractivity contribution in [2.24, 2.45) is 10.4 Å². The number of carbonyl (C=O) groups excluding carboxylic acids is 2. The minimum absolute atomic E-state index is 0.161. The normalized spacial score (nSPS) is 21.3. The molecule has 10 heteroatoms. The number of piperidine rings is 1. The zero-order valence-electron chi connectivity index (χ0n) is 22.2. The molecule has 2 fully saturated rings. The molecule has 3 rings (SSSR count). The van der Waals surface area contributed by atoms with Gasteiger partial charge in [0.25, 0.3) is 0 Å². The number of halogens is 2. The van der Waals surface area contributed by atoms with Crippen LogP contribution < -0.4 is 5.32 Å². The molecule has 1 aliphatic heterocycles. The molecule has 0 radical (unpaired) electrons. The molecule has 0 bridgehead atoms. The van der Waals surface area contributed by atoms with Crippen molar-refractivity contribution in [3.05, 3.63) is 45.4 Å². The van der Waals surface area contributed by atoms with E-state index in [4.69, 9.17) is 9.47 Å². The molecule has 1 N–H and O–H groups in total. The molecule has 0 unspecified atom stereocenters. The van der Waals surface area contributed by atoms with E-state index in [2.05, 4.69) is 26.2 Å². The molecule has 1 heterocycles. The topological polar surface area (TPSA) is 104 Å². The Morgan fingerprint density at radius 1 is 1.22 bits per heavy atom. The quantitative estimate of drug-likeness (QED) is 0.275. The molecular weight excluding hydrogens is 543 g/mol. The maximum atomic E-state index is 13.9. The number of nitrogens with zero attached hydrogens (tertiary/aromatic N) is 3. The van der Waals surface area contributed by atoms with E-state index >= 15 is 0 Å². The summed E-state index contributed by atoms with van der Waals surface area (Å²) in [6.45, 7) is 11.8. The molecule has 0 aromatic heterocycles. The average Bonchev–Trinajstić information content (AvgIpc) is 3.39. The van der Waals surface area contributed by atoms with Gasteiger partial charge in [-0.15, -0.1) is 0 Å². The fraction of sp³-hybridized carbons (Fsp3) is 0.556. The van der Waals surface area contributed by atoms with Crippen LogP contribution in [0.1, 0.15) is 66.4 Å². The minimum Gasteiger partial charge on any atom is -0.456 e. The van der Waals surface area contributed by atoms with Crippen LogP contribution in [-0.2, 0) is 20.8 Å². The van der Waals surface area contributed by atoms with Crippen LogP contribution in [0.2, 0.25) is 0 Å². The molecular formula is C27H34BrFN4O4. The summed E-state index contributed by atoms with van der Waals surface area (Å²) >= 11 is 3.43. The second-order valence-electron chi connectivity index (χ2n) is 11.4. The third-order valence-electron chi connectivity index (χ3n) is 5.91. The highest BCUT2D eigenvalue weighted by atomic mass is 79.9. The van der Waals surface area contributed by atoms with Crippen molar-refractivity contribution in [1.82, 2.24) is 10.2 Å². The molecule has 8 nitrogen and oxygen atoms in total. The Bertz CT molecular complexity index is 1180. The highest BCUT2D eigenvalue weighted by Crippen LogP contribution is 2.50. The Labute approximate surface area is 226 Å². The Hall–Kier alpha value is -2.93. The number of carbonyl (C=O) groups is 2. The van der Waals surface area contributed by atoms with Crippen molar-refractivity contribution in [2.45, 2.75) is 78.6 Å². The maximum absolute atomic E-state index is 13.9. The van der Waals surface area contributed by atoms with Crippen molar-refractivity contribution in [3.8, 4) is 6.07 Å². The first kappa shape index (κ1) is 28.6. The van der Waals surface area contributed by atoms with E-state index < -0.39 is 29.1 Å². The van der Waals surface area contributed by atoms with Crippen LogP contribution in [0.15, 0.2) is 39.1 Å². The van der Waals surface area contributed by atoms with Gasteiger partial charge in [0.1, 0.15) is 28.9 Å². The van der Waals surface area contributed by atoms with Gasteiger partial charge >= 0.3 is 12.1 Å². The highest BCUT2D eigenvalue weighted by molar-refractivity contribution is 9.10. The van der Waals surface area contributed by atoms with Crippen LogP contribution in [0, 0.1) is 22.6 Å². The number of ether oxygens (including phenoxy) is 2. The van der Waals surface area contributed by atoms with Crippen molar-refractivity contribution < 1.29 is 23.5 Å². The molecule has 1 spiro atoms. The molecule has 2 aliphatic rings. The van der Waals surface area contributed by atoms with Crippen LogP contribution in [-0.4, -0.2) is 47.0 Å². The first-order valence-electron chi connectivity index (χ1n) is 12.2. The van der Waals surface area contributed by atoms with Crippen molar-refractivity contribution in [2.75, 3.05) is 13.1 Å². The van der Waals surface area contributed by atoms with Crippen LogP contribution in [0.5, 0.6) is 0 Å².